The van der Waals surface area contributed by atoms with Gasteiger partial charge in [0.15, 0.2) is 0 Å². The Kier molecular flexibility index (Phi) is 5.93. The summed E-state index contributed by atoms with van der Waals surface area (Å²) in [5.41, 5.74) is 5.03. The van der Waals surface area contributed by atoms with Crippen LogP contribution >= 0.6 is 0 Å². The highest BCUT2D eigenvalue weighted by atomic mass is 16.5. The Morgan fingerprint density at radius 1 is 1.17 bits per heavy atom. The van der Waals surface area contributed by atoms with Gasteiger partial charge in [0.25, 0.3) is 0 Å². The quantitative estimate of drug-likeness (QED) is 0.413. The molecule has 2 heteroatoms. The molecular weight excluding hydrogens is 284 g/mol. The first-order chi connectivity index (χ1) is 11.2. The Morgan fingerprint density at radius 2 is 1.91 bits per heavy atom. The van der Waals surface area contributed by atoms with Crippen molar-refractivity contribution in [1.82, 2.24) is 0 Å². The highest BCUT2D eigenvalue weighted by molar-refractivity contribution is 5.85. The van der Waals surface area contributed by atoms with Crippen LogP contribution in [0.1, 0.15) is 31.7 Å². The molecule has 1 aliphatic carbocycles. The van der Waals surface area contributed by atoms with Gasteiger partial charge in [0, 0.05) is 6.08 Å². The largest absolute Gasteiger partial charge is 0.423 e. The second kappa shape index (κ2) is 8.14. The van der Waals surface area contributed by atoms with Crippen molar-refractivity contribution < 1.29 is 9.53 Å². The summed E-state index contributed by atoms with van der Waals surface area (Å²) in [5.74, 6) is 0.0772. The summed E-state index contributed by atoms with van der Waals surface area (Å²) in [5, 5.41) is 0. The molecule has 0 bridgehead atoms. The lowest BCUT2D eigenvalue weighted by Crippen LogP contribution is -2.04. The van der Waals surface area contributed by atoms with E-state index >= 15 is 0 Å². The first-order valence-electron chi connectivity index (χ1n) is 7.82. The molecule has 1 aromatic carbocycles. The van der Waals surface area contributed by atoms with E-state index in [4.69, 9.17) is 4.74 Å². The Hall–Kier alpha value is -2.61. The Morgan fingerprint density at radius 3 is 2.52 bits per heavy atom. The van der Waals surface area contributed by atoms with E-state index in [1.165, 1.54) is 16.7 Å². The number of hydrogen-bond acceptors (Lipinski definition) is 2. The van der Waals surface area contributed by atoms with E-state index in [1.807, 2.05) is 37.3 Å². The van der Waals surface area contributed by atoms with Crippen LogP contribution in [0, 0.1) is 0 Å². The van der Waals surface area contributed by atoms with Gasteiger partial charge in [-0.15, -0.1) is 0 Å². The average molecular weight is 306 g/mol. The average Bonchev–Trinajstić information content (AvgIpc) is 2.57. The standard InChI is InChI=1S/C21H22O2/c1-4-8-16-10-7-11-17(9-5-2)21(16)18-12-14-19(15-13-18)23-20(22)6-3/h4-6,8-9,12-15H,1,3,7,10-11H2,2H3/b9-5+,16-8+. The highest BCUT2D eigenvalue weighted by Crippen LogP contribution is 2.37. The third kappa shape index (κ3) is 4.19. The Bertz CT molecular complexity index is 685. The summed E-state index contributed by atoms with van der Waals surface area (Å²) >= 11 is 0. The van der Waals surface area contributed by atoms with E-state index in [0.717, 1.165) is 30.9 Å². The normalized spacial score (nSPS) is 16.7. The van der Waals surface area contributed by atoms with Crippen molar-refractivity contribution in [2.24, 2.45) is 0 Å². The van der Waals surface area contributed by atoms with Gasteiger partial charge in [-0.1, -0.05) is 49.6 Å². The Labute approximate surface area is 138 Å². The van der Waals surface area contributed by atoms with Gasteiger partial charge in [0.1, 0.15) is 5.75 Å². The van der Waals surface area contributed by atoms with E-state index in [9.17, 15) is 4.79 Å². The van der Waals surface area contributed by atoms with Crippen LogP contribution in [0.2, 0.25) is 0 Å². The fourth-order valence-electron chi connectivity index (χ4n) is 2.82. The summed E-state index contributed by atoms with van der Waals surface area (Å²) < 4.78 is 5.14. The van der Waals surface area contributed by atoms with E-state index in [1.54, 1.807) is 0 Å². The second-order valence-electron chi connectivity index (χ2n) is 5.33. The van der Waals surface area contributed by atoms with Gasteiger partial charge in [0.05, 0.1) is 0 Å². The number of carbonyl (C=O) groups is 1. The van der Waals surface area contributed by atoms with Crippen LogP contribution < -0.4 is 4.74 Å². The van der Waals surface area contributed by atoms with Crippen molar-refractivity contribution >= 4 is 11.5 Å². The van der Waals surface area contributed by atoms with Crippen LogP contribution in [-0.4, -0.2) is 5.97 Å². The lowest BCUT2D eigenvalue weighted by molar-refractivity contribution is -0.128. The van der Waals surface area contributed by atoms with Crippen molar-refractivity contribution in [3.05, 3.63) is 84.5 Å². The third-order valence-corrected chi connectivity index (χ3v) is 3.75. The fourth-order valence-corrected chi connectivity index (χ4v) is 2.82. The van der Waals surface area contributed by atoms with Crippen molar-refractivity contribution in [2.75, 3.05) is 0 Å². The molecule has 1 aromatic rings. The number of allylic oxidation sites excluding steroid dienone is 7. The minimum atomic E-state index is -0.448. The topological polar surface area (TPSA) is 26.3 Å². The SMILES string of the molecule is C=C/C=C1\CCCC(/C=C/C)=C1c1ccc(OC(=O)C=C)cc1. The second-order valence-corrected chi connectivity index (χ2v) is 5.33. The van der Waals surface area contributed by atoms with E-state index < -0.39 is 5.97 Å². The monoisotopic (exact) mass is 306 g/mol. The van der Waals surface area contributed by atoms with Crippen LogP contribution in [0.15, 0.2) is 78.9 Å². The van der Waals surface area contributed by atoms with Crippen molar-refractivity contribution in [2.45, 2.75) is 26.2 Å². The maximum absolute atomic E-state index is 11.3. The predicted octanol–water partition coefficient (Wildman–Crippen LogP) is 5.40. The van der Waals surface area contributed by atoms with Crippen LogP contribution in [0.25, 0.3) is 5.57 Å². The highest BCUT2D eigenvalue weighted by Gasteiger charge is 2.17. The van der Waals surface area contributed by atoms with Gasteiger partial charge in [-0.3, -0.25) is 0 Å². The molecule has 0 aromatic heterocycles. The molecule has 1 aliphatic rings. The number of rotatable bonds is 5. The molecular formula is C21H22O2. The molecule has 0 saturated heterocycles. The number of ether oxygens (including phenoxy) is 1. The van der Waals surface area contributed by atoms with Gasteiger partial charge < -0.3 is 4.74 Å². The van der Waals surface area contributed by atoms with Crippen molar-refractivity contribution in [1.29, 1.82) is 0 Å². The van der Waals surface area contributed by atoms with E-state index in [0.29, 0.717) is 5.75 Å². The molecule has 0 atom stereocenters. The van der Waals surface area contributed by atoms with Crippen LogP contribution in [0.3, 0.4) is 0 Å². The molecule has 0 amide bonds. The molecule has 0 saturated carbocycles. The summed E-state index contributed by atoms with van der Waals surface area (Å²) in [7, 11) is 0. The predicted molar refractivity (Wildman–Crippen MR) is 96.1 cm³/mol. The minimum absolute atomic E-state index is 0.448. The third-order valence-electron chi connectivity index (χ3n) is 3.75. The lowest BCUT2D eigenvalue weighted by Gasteiger charge is -2.22. The molecule has 23 heavy (non-hydrogen) atoms. The van der Waals surface area contributed by atoms with Gasteiger partial charge >= 0.3 is 5.97 Å². The van der Waals surface area contributed by atoms with E-state index in [2.05, 4.69) is 31.4 Å². The minimum Gasteiger partial charge on any atom is -0.423 e. The molecule has 0 spiro atoms. The maximum Gasteiger partial charge on any atom is 0.335 e. The number of hydrogen-bond donors (Lipinski definition) is 0. The summed E-state index contributed by atoms with van der Waals surface area (Å²) in [6.45, 7) is 9.26. The van der Waals surface area contributed by atoms with Crippen LogP contribution in [0.5, 0.6) is 5.75 Å². The first kappa shape index (κ1) is 16.8. The molecule has 2 nitrogen and oxygen atoms in total. The molecule has 0 N–H and O–H groups in total. The lowest BCUT2D eigenvalue weighted by atomic mass is 9.83. The zero-order valence-electron chi connectivity index (χ0n) is 13.5. The van der Waals surface area contributed by atoms with Crippen LogP contribution in [-0.2, 0) is 4.79 Å². The fraction of sp³-hybridized carbons (Fsp3) is 0.190. The van der Waals surface area contributed by atoms with Crippen LogP contribution in [0.4, 0.5) is 0 Å². The van der Waals surface area contributed by atoms with Gasteiger partial charge in [-0.05, 0) is 60.6 Å². The van der Waals surface area contributed by atoms with Crippen molar-refractivity contribution in [3.63, 3.8) is 0 Å². The summed E-state index contributed by atoms with van der Waals surface area (Å²) in [6, 6.07) is 7.62. The molecule has 118 valence electrons. The summed E-state index contributed by atoms with van der Waals surface area (Å²) in [6.07, 6.45) is 12.6. The maximum atomic E-state index is 11.3. The van der Waals surface area contributed by atoms with Gasteiger partial charge in [-0.2, -0.15) is 0 Å². The summed E-state index contributed by atoms with van der Waals surface area (Å²) in [4.78, 5) is 11.3. The number of carbonyl (C=O) groups excluding carboxylic acids is 1. The molecule has 0 aliphatic heterocycles. The van der Waals surface area contributed by atoms with Gasteiger partial charge in [-0.25, -0.2) is 4.79 Å². The smallest absolute Gasteiger partial charge is 0.335 e. The van der Waals surface area contributed by atoms with E-state index in [-0.39, 0.29) is 0 Å². The zero-order valence-corrected chi connectivity index (χ0v) is 13.5. The number of benzene rings is 1. The first-order valence-corrected chi connectivity index (χ1v) is 7.82. The molecule has 0 heterocycles. The number of esters is 1. The molecule has 2 rings (SSSR count). The molecule has 0 unspecified atom stereocenters. The molecule has 0 radical (unpaired) electrons. The van der Waals surface area contributed by atoms with Crippen molar-refractivity contribution in [3.8, 4) is 5.75 Å². The van der Waals surface area contributed by atoms with Gasteiger partial charge in [0.2, 0.25) is 0 Å². The molecule has 0 fully saturated rings. The Balaban J connectivity index is 2.42. The zero-order chi connectivity index (χ0) is 16.7.